The average Bonchev–Trinajstić information content (AvgIpc) is 2.15. The first kappa shape index (κ1) is 9.62. The third kappa shape index (κ3) is 2.23. The number of aromatic nitrogens is 2. The van der Waals surface area contributed by atoms with Crippen LogP contribution in [0.1, 0.15) is 24.5 Å². The number of aryl methyl sites for hydroxylation is 1. The molecule has 1 aromatic heterocycles. The van der Waals surface area contributed by atoms with E-state index in [1.807, 2.05) is 6.07 Å². The summed E-state index contributed by atoms with van der Waals surface area (Å²) in [4.78, 5) is 7.93. The molecule has 1 aromatic rings. The third-order valence-electron chi connectivity index (χ3n) is 1.78. The third-order valence-corrected chi connectivity index (χ3v) is 1.78. The lowest BCUT2D eigenvalue weighted by atomic mass is 10.0. The maximum Gasteiger partial charge on any atom is 0.125 e. The zero-order valence-electron chi connectivity index (χ0n) is 7.60. The Kier molecular flexibility index (Phi) is 2.93. The largest absolute Gasteiger partial charge is 0.385 e. The first-order valence-corrected chi connectivity index (χ1v) is 4.02. The summed E-state index contributed by atoms with van der Waals surface area (Å²) in [6, 6.07) is 3.59. The van der Waals surface area contributed by atoms with Crippen molar-refractivity contribution in [3.63, 3.8) is 0 Å². The number of nitriles is 1. The molecule has 1 heterocycles. The van der Waals surface area contributed by atoms with Crippen LogP contribution in [0.4, 0.5) is 0 Å². The zero-order valence-corrected chi connectivity index (χ0v) is 7.60. The lowest BCUT2D eigenvalue weighted by Gasteiger charge is -2.11. The van der Waals surface area contributed by atoms with Gasteiger partial charge in [-0.2, -0.15) is 5.26 Å². The molecular weight excluding hydrogens is 166 g/mol. The predicted molar refractivity (Wildman–Crippen MR) is 46.5 cm³/mol. The topological polar surface area (TPSA) is 69.8 Å². The summed E-state index contributed by atoms with van der Waals surface area (Å²) in [5, 5.41) is 18.2. The molecule has 4 nitrogen and oxygen atoms in total. The van der Waals surface area contributed by atoms with Crippen molar-refractivity contribution in [3.8, 4) is 6.07 Å². The van der Waals surface area contributed by atoms with Crippen molar-refractivity contribution in [2.24, 2.45) is 5.92 Å². The molecule has 13 heavy (non-hydrogen) atoms. The quantitative estimate of drug-likeness (QED) is 0.731. The summed E-state index contributed by atoms with van der Waals surface area (Å²) < 4.78 is 0. The Morgan fingerprint density at radius 3 is 2.85 bits per heavy atom. The summed E-state index contributed by atoms with van der Waals surface area (Å²) >= 11 is 0. The fourth-order valence-corrected chi connectivity index (χ4v) is 0.966. The number of aliphatic hydroxyl groups is 1. The highest BCUT2D eigenvalue weighted by Gasteiger charge is 2.16. The minimum Gasteiger partial charge on any atom is -0.385 e. The van der Waals surface area contributed by atoms with E-state index in [0.717, 1.165) is 0 Å². The van der Waals surface area contributed by atoms with Crippen LogP contribution in [0, 0.1) is 24.2 Å². The zero-order chi connectivity index (χ0) is 9.84. The van der Waals surface area contributed by atoms with E-state index in [4.69, 9.17) is 5.26 Å². The fraction of sp³-hybridized carbons (Fsp3) is 0.444. The molecule has 0 radical (unpaired) electrons. The highest BCUT2D eigenvalue weighted by Crippen LogP contribution is 2.18. The van der Waals surface area contributed by atoms with Crippen molar-refractivity contribution in [2.75, 3.05) is 0 Å². The SMILES string of the molecule is Cc1nccc(C(O)C(C)C#N)n1. The van der Waals surface area contributed by atoms with Crippen LogP contribution >= 0.6 is 0 Å². The number of rotatable bonds is 2. The maximum atomic E-state index is 9.60. The summed E-state index contributed by atoms with van der Waals surface area (Å²) in [6.07, 6.45) is 0.747. The van der Waals surface area contributed by atoms with Crippen molar-refractivity contribution in [1.29, 1.82) is 5.26 Å². The van der Waals surface area contributed by atoms with Gasteiger partial charge in [0.2, 0.25) is 0 Å². The molecule has 0 saturated carbocycles. The van der Waals surface area contributed by atoms with E-state index in [-0.39, 0.29) is 0 Å². The summed E-state index contributed by atoms with van der Waals surface area (Å²) in [5.74, 6) is 0.149. The van der Waals surface area contributed by atoms with Crippen LogP contribution in [0.3, 0.4) is 0 Å². The lowest BCUT2D eigenvalue weighted by Crippen LogP contribution is -2.09. The molecule has 1 rings (SSSR count). The van der Waals surface area contributed by atoms with Crippen molar-refractivity contribution in [1.82, 2.24) is 9.97 Å². The second kappa shape index (κ2) is 3.97. The van der Waals surface area contributed by atoms with Gasteiger partial charge in [-0.05, 0) is 19.9 Å². The number of aliphatic hydroxyl groups excluding tert-OH is 1. The number of hydrogen-bond acceptors (Lipinski definition) is 4. The van der Waals surface area contributed by atoms with Gasteiger partial charge in [-0.3, -0.25) is 0 Å². The van der Waals surface area contributed by atoms with E-state index in [2.05, 4.69) is 9.97 Å². The summed E-state index contributed by atoms with van der Waals surface area (Å²) in [7, 11) is 0. The van der Waals surface area contributed by atoms with Crippen molar-refractivity contribution >= 4 is 0 Å². The van der Waals surface area contributed by atoms with Gasteiger partial charge in [-0.25, -0.2) is 9.97 Å². The summed E-state index contributed by atoms with van der Waals surface area (Å²) in [6.45, 7) is 3.40. The minimum absolute atomic E-state index is 0.450. The molecule has 0 aliphatic carbocycles. The van der Waals surface area contributed by atoms with E-state index in [1.165, 1.54) is 0 Å². The molecule has 4 heteroatoms. The van der Waals surface area contributed by atoms with Crippen LogP contribution in [0.25, 0.3) is 0 Å². The summed E-state index contributed by atoms with van der Waals surface area (Å²) in [5.41, 5.74) is 0.501. The molecule has 0 aliphatic rings. The normalized spacial score (nSPS) is 14.6. The van der Waals surface area contributed by atoms with Crippen LogP contribution in [0.2, 0.25) is 0 Å². The standard InChI is InChI=1S/C9H11N3O/c1-6(5-10)9(13)8-3-4-11-7(2)12-8/h3-4,6,9,13H,1-2H3. The molecular formula is C9H11N3O. The van der Waals surface area contributed by atoms with Gasteiger partial charge in [0.15, 0.2) is 0 Å². The average molecular weight is 177 g/mol. The number of hydrogen-bond donors (Lipinski definition) is 1. The van der Waals surface area contributed by atoms with Crippen LogP contribution in [-0.2, 0) is 0 Å². The van der Waals surface area contributed by atoms with Crippen LogP contribution in [0.15, 0.2) is 12.3 Å². The first-order valence-electron chi connectivity index (χ1n) is 4.02. The molecule has 0 bridgehead atoms. The predicted octanol–water partition coefficient (Wildman–Crippen LogP) is 0.978. The van der Waals surface area contributed by atoms with Gasteiger partial charge in [0.1, 0.15) is 11.9 Å². The molecule has 0 amide bonds. The second-order valence-corrected chi connectivity index (χ2v) is 2.89. The van der Waals surface area contributed by atoms with E-state index >= 15 is 0 Å². The Hall–Kier alpha value is -1.47. The lowest BCUT2D eigenvalue weighted by molar-refractivity contribution is 0.138. The van der Waals surface area contributed by atoms with E-state index in [9.17, 15) is 5.11 Å². The van der Waals surface area contributed by atoms with Crippen LogP contribution < -0.4 is 0 Å². The monoisotopic (exact) mass is 177 g/mol. The van der Waals surface area contributed by atoms with Gasteiger partial charge in [0.25, 0.3) is 0 Å². The van der Waals surface area contributed by atoms with Gasteiger partial charge < -0.3 is 5.11 Å². The number of nitrogens with zero attached hydrogens (tertiary/aromatic N) is 3. The minimum atomic E-state index is -0.827. The molecule has 2 atom stereocenters. The molecule has 1 N–H and O–H groups in total. The molecule has 0 spiro atoms. The van der Waals surface area contributed by atoms with Gasteiger partial charge >= 0.3 is 0 Å². The van der Waals surface area contributed by atoms with E-state index in [0.29, 0.717) is 11.5 Å². The smallest absolute Gasteiger partial charge is 0.125 e. The molecule has 2 unspecified atom stereocenters. The molecule has 68 valence electrons. The Bertz CT molecular complexity index is 332. The molecule has 0 saturated heterocycles. The second-order valence-electron chi connectivity index (χ2n) is 2.89. The van der Waals surface area contributed by atoms with Crippen LogP contribution in [0.5, 0.6) is 0 Å². The van der Waals surface area contributed by atoms with Gasteiger partial charge in [0, 0.05) is 6.20 Å². The van der Waals surface area contributed by atoms with Gasteiger partial charge in [0.05, 0.1) is 17.7 Å². The first-order chi connectivity index (χ1) is 6.15. The van der Waals surface area contributed by atoms with Crippen molar-refractivity contribution < 1.29 is 5.11 Å². The Balaban J connectivity index is 2.90. The van der Waals surface area contributed by atoms with Crippen LogP contribution in [-0.4, -0.2) is 15.1 Å². The molecule has 0 fully saturated rings. The highest BCUT2D eigenvalue weighted by molar-refractivity contribution is 5.08. The van der Waals surface area contributed by atoms with Gasteiger partial charge in [-0.1, -0.05) is 0 Å². The van der Waals surface area contributed by atoms with Gasteiger partial charge in [-0.15, -0.1) is 0 Å². The maximum absolute atomic E-state index is 9.60. The Morgan fingerprint density at radius 2 is 2.31 bits per heavy atom. The Morgan fingerprint density at radius 1 is 1.62 bits per heavy atom. The molecule has 0 aliphatic heterocycles. The Labute approximate surface area is 76.9 Å². The van der Waals surface area contributed by atoms with Crippen molar-refractivity contribution in [3.05, 3.63) is 23.8 Å². The fourth-order valence-electron chi connectivity index (χ4n) is 0.966. The highest BCUT2D eigenvalue weighted by atomic mass is 16.3. The van der Waals surface area contributed by atoms with E-state index in [1.54, 1.807) is 26.1 Å². The van der Waals surface area contributed by atoms with Crippen molar-refractivity contribution in [2.45, 2.75) is 20.0 Å². The van der Waals surface area contributed by atoms with E-state index < -0.39 is 12.0 Å². The molecule has 0 aromatic carbocycles.